The predicted molar refractivity (Wildman–Crippen MR) is 51.5 cm³/mol. The van der Waals surface area contributed by atoms with Gasteiger partial charge in [-0.3, -0.25) is 0 Å². The standard InChI is InChI=1S/C10H13NOS/c12-10(7-1-2-7,8-3-4-8)9-5-6-13-11-9/h5-8,12H,1-4H2. The van der Waals surface area contributed by atoms with Crippen LogP contribution in [-0.4, -0.2) is 9.48 Å². The summed E-state index contributed by atoms with van der Waals surface area (Å²) in [6, 6.07) is 1.99. The van der Waals surface area contributed by atoms with Crippen molar-refractivity contribution >= 4 is 11.5 Å². The molecule has 1 aromatic rings. The van der Waals surface area contributed by atoms with E-state index in [1.807, 2.05) is 11.4 Å². The largest absolute Gasteiger partial charge is 0.383 e. The molecule has 0 saturated heterocycles. The minimum absolute atomic E-state index is 0.502. The molecule has 2 saturated carbocycles. The molecule has 3 heteroatoms. The fourth-order valence-corrected chi connectivity index (χ4v) is 2.79. The molecule has 0 spiro atoms. The summed E-state index contributed by atoms with van der Waals surface area (Å²) in [5, 5.41) is 12.6. The van der Waals surface area contributed by atoms with E-state index in [9.17, 15) is 5.11 Å². The van der Waals surface area contributed by atoms with Gasteiger partial charge in [-0.15, -0.1) is 0 Å². The Labute approximate surface area is 81.8 Å². The van der Waals surface area contributed by atoms with Gasteiger partial charge in [0.1, 0.15) is 5.60 Å². The summed E-state index contributed by atoms with van der Waals surface area (Å²) in [6.07, 6.45) is 4.74. The van der Waals surface area contributed by atoms with Crippen molar-refractivity contribution in [3.63, 3.8) is 0 Å². The summed E-state index contributed by atoms with van der Waals surface area (Å²) in [4.78, 5) is 0. The highest BCUT2D eigenvalue weighted by Gasteiger charge is 2.55. The second-order valence-corrected chi connectivity index (χ2v) is 4.92. The highest BCUT2D eigenvalue weighted by Crippen LogP contribution is 2.57. The van der Waals surface area contributed by atoms with E-state index < -0.39 is 5.60 Å². The highest BCUT2D eigenvalue weighted by molar-refractivity contribution is 7.03. The fraction of sp³-hybridized carbons (Fsp3) is 0.700. The van der Waals surface area contributed by atoms with Gasteiger partial charge in [-0.1, -0.05) is 0 Å². The Morgan fingerprint density at radius 2 is 1.92 bits per heavy atom. The zero-order valence-corrected chi connectivity index (χ0v) is 8.26. The first-order chi connectivity index (χ1) is 6.32. The van der Waals surface area contributed by atoms with E-state index in [-0.39, 0.29) is 0 Å². The van der Waals surface area contributed by atoms with Gasteiger partial charge >= 0.3 is 0 Å². The molecule has 0 aromatic carbocycles. The van der Waals surface area contributed by atoms with E-state index in [1.165, 1.54) is 37.2 Å². The zero-order chi connectivity index (χ0) is 8.89. The third-order valence-electron chi connectivity index (χ3n) is 3.25. The first-order valence-electron chi connectivity index (χ1n) is 4.95. The van der Waals surface area contributed by atoms with Crippen LogP contribution in [0.4, 0.5) is 0 Å². The first kappa shape index (κ1) is 7.94. The van der Waals surface area contributed by atoms with Gasteiger partial charge in [-0.2, -0.15) is 4.37 Å². The molecule has 1 N–H and O–H groups in total. The van der Waals surface area contributed by atoms with Crippen LogP contribution < -0.4 is 0 Å². The molecule has 3 rings (SSSR count). The van der Waals surface area contributed by atoms with E-state index in [2.05, 4.69) is 4.37 Å². The third kappa shape index (κ3) is 1.14. The Kier molecular flexibility index (Phi) is 1.56. The molecule has 1 aromatic heterocycles. The van der Waals surface area contributed by atoms with Crippen molar-refractivity contribution in [2.75, 3.05) is 0 Å². The summed E-state index contributed by atoms with van der Waals surface area (Å²) in [5.41, 5.74) is 0.377. The molecule has 0 amide bonds. The smallest absolute Gasteiger partial charge is 0.113 e. The predicted octanol–water partition coefficient (Wildman–Crippen LogP) is 2.15. The fourth-order valence-electron chi connectivity index (χ4n) is 2.22. The van der Waals surface area contributed by atoms with Crippen LogP contribution in [0.1, 0.15) is 31.4 Å². The lowest BCUT2D eigenvalue weighted by Gasteiger charge is -2.25. The number of aromatic nitrogens is 1. The summed E-state index contributed by atoms with van der Waals surface area (Å²) in [6.45, 7) is 0. The molecular weight excluding hydrogens is 182 g/mol. The molecule has 2 aliphatic rings. The average molecular weight is 195 g/mol. The van der Waals surface area contributed by atoms with Gasteiger partial charge in [0.2, 0.25) is 0 Å². The van der Waals surface area contributed by atoms with Crippen molar-refractivity contribution in [2.45, 2.75) is 31.3 Å². The molecule has 13 heavy (non-hydrogen) atoms. The van der Waals surface area contributed by atoms with E-state index in [0.717, 1.165) is 5.69 Å². The summed E-state index contributed by atoms with van der Waals surface area (Å²) in [7, 11) is 0. The van der Waals surface area contributed by atoms with Gasteiger partial charge in [-0.25, -0.2) is 0 Å². The summed E-state index contributed by atoms with van der Waals surface area (Å²) in [5.74, 6) is 1.00. The van der Waals surface area contributed by atoms with E-state index >= 15 is 0 Å². The van der Waals surface area contributed by atoms with Crippen LogP contribution >= 0.6 is 11.5 Å². The molecule has 2 aliphatic carbocycles. The number of nitrogens with zero attached hydrogens (tertiary/aromatic N) is 1. The Morgan fingerprint density at radius 3 is 2.31 bits per heavy atom. The lowest BCUT2D eigenvalue weighted by Crippen LogP contribution is -2.31. The van der Waals surface area contributed by atoms with Crippen molar-refractivity contribution in [2.24, 2.45) is 11.8 Å². The molecule has 0 unspecified atom stereocenters. The number of rotatable bonds is 3. The monoisotopic (exact) mass is 195 g/mol. The van der Waals surface area contributed by atoms with Gasteiger partial charge in [-0.05, 0) is 55.1 Å². The minimum Gasteiger partial charge on any atom is -0.383 e. The molecule has 0 radical (unpaired) electrons. The topological polar surface area (TPSA) is 33.1 Å². The van der Waals surface area contributed by atoms with Crippen LogP contribution in [0.5, 0.6) is 0 Å². The lowest BCUT2D eigenvalue weighted by molar-refractivity contribution is -0.0135. The number of aliphatic hydroxyl groups is 1. The van der Waals surface area contributed by atoms with Crippen LogP contribution in [0.2, 0.25) is 0 Å². The molecule has 1 heterocycles. The molecule has 2 fully saturated rings. The van der Waals surface area contributed by atoms with Crippen molar-refractivity contribution in [1.82, 2.24) is 4.37 Å². The van der Waals surface area contributed by atoms with Gasteiger partial charge in [0.05, 0.1) is 5.69 Å². The van der Waals surface area contributed by atoms with Crippen molar-refractivity contribution in [1.29, 1.82) is 0 Å². The molecule has 0 bridgehead atoms. The van der Waals surface area contributed by atoms with E-state index in [0.29, 0.717) is 11.8 Å². The maximum Gasteiger partial charge on any atom is 0.113 e. The Morgan fingerprint density at radius 1 is 1.31 bits per heavy atom. The Bertz CT molecular complexity index is 289. The first-order valence-corrected chi connectivity index (χ1v) is 5.78. The molecular formula is C10H13NOS. The van der Waals surface area contributed by atoms with Gasteiger partial charge in [0.15, 0.2) is 0 Å². The van der Waals surface area contributed by atoms with Gasteiger partial charge in [0.25, 0.3) is 0 Å². The quantitative estimate of drug-likeness (QED) is 0.801. The van der Waals surface area contributed by atoms with Gasteiger partial charge in [0, 0.05) is 5.38 Å². The van der Waals surface area contributed by atoms with Crippen molar-refractivity contribution < 1.29 is 5.11 Å². The molecule has 2 nitrogen and oxygen atoms in total. The number of hydrogen-bond acceptors (Lipinski definition) is 3. The van der Waals surface area contributed by atoms with Crippen molar-refractivity contribution in [3.8, 4) is 0 Å². The van der Waals surface area contributed by atoms with E-state index in [4.69, 9.17) is 0 Å². The van der Waals surface area contributed by atoms with Crippen LogP contribution in [-0.2, 0) is 5.60 Å². The Balaban J connectivity index is 1.97. The maximum atomic E-state index is 10.6. The average Bonchev–Trinajstić information content (AvgIpc) is 3.01. The van der Waals surface area contributed by atoms with E-state index in [1.54, 1.807) is 0 Å². The second-order valence-electron chi connectivity index (χ2n) is 4.26. The third-order valence-corrected chi connectivity index (χ3v) is 3.81. The van der Waals surface area contributed by atoms with Crippen LogP contribution in [0, 0.1) is 11.8 Å². The van der Waals surface area contributed by atoms with Crippen LogP contribution in [0.25, 0.3) is 0 Å². The normalized spacial score (nSPS) is 23.5. The SMILES string of the molecule is OC(c1ccsn1)(C1CC1)C1CC1. The maximum absolute atomic E-state index is 10.6. The lowest BCUT2D eigenvalue weighted by atomic mass is 9.88. The number of hydrogen-bond donors (Lipinski definition) is 1. The molecule has 70 valence electrons. The minimum atomic E-state index is -0.556. The van der Waals surface area contributed by atoms with Crippen molar-refractivity contribution in [3.05, 3.63) is 17.1 Å². The summed E-state index contributed by atoms with van der Waals surface area (Å²) >= 11 is 1.45. The second kappa shape index (κ2) is 2.55. The van der Waals surface area contributed by atoms with Crippen LogP contribution in [0.3, 0.4) is 0 Å². The van der Waals surface area contributed by atoms with Crippen LogP contribution in [0.15, 0.2) is 11.4 Å². The Hall–Kier alpha value is -0.410. The molecule has 0 atom stereocenters. The molecule has 0 aliphatic heterocycles. The van der Waals surface area contributed by atoms with Gasteiger partial charge < -0.3 is 5.11 Å². The highest BCUT2D eigenvalue weighted by atomic mass is 32.1. The zero-order valence-electron chi connectivity index (χ0n) is 7.44. The summed E-state index contributed by atoms with van der Waals surface area (Å²) < 4.78 is 4.30.